The van der Waals surface area contributed by atoms with E-state index in [9.17, 15) is 14.4 Å². The highest BCUT2D eigenvalue weighted by molar-refractivity contribution is 5.90. The third-order valence-corrected chi connectivity index (χ3v) is 4.61. The predicted octanol–water partition coefficient (Wildman–Crippen LogP) is 2.63. The molecule has 1 heterocycles. The van der Waals surface area contributed by atoms with Crippen LogP contribution in [-0.2, 0) is 14.3 Å². The number of anilines is 1. The lowest BCUT2D eigenvalue weighted by Crippen LogP contribution is -2.50. The lowest BCUT2D eigenvalue weighted by molar-refractivity contribution is -0.146. The van der Waals surface area contributed by atoms with Crippen LogP contribution in [0.4, 0.5) is 10.5 Å². The summed E-state index contributed by atoms with van der Waals surface area (Å²) in [4.78, 5) is 38.7. The smallest absolute Gasteiger partial charge is 0.328 e. The quantitative estimate of drug-likeness (QED) is 0.748. The summed E-state index contributed by atoms with van der Waals surface area (Å²) in [6.45, 7) is 4.91. The lowest BCUT2D eigenvalue weighted by atomic mass is 9.96. The van der Waals surface area contributed by atoms with Crippen LogP contribution in [0.2, 0.25) is 0 Å². The van der Waals surface area contributed by atoms with Crippen molar-refractivity contribution in [2.75, 3.05) is 25.5 Å². The van der Waals surface area contributed by atoms with Crippen molar-refractivity contribution in [1.82, 2.24) is 10.2 Å². The Morgan fingerprint density at radius 1 is 1.22 bits per heavy atom. The molecule has 27 heavy (non-hydrogen) atoms. The Labute approximate surface area is 160 Å². The molecule has 3 amide bonds. The molecule has 1 aliphatic rings. The highest BCUT2D eigenvalue weighted by atomic mass is 16.5. The van der Waals surface area contributed by atoms with Crippen LogP contribution in [0, 0.1) is 11.8 Å². The minimum atomic E-state index is -0.656. The summed E-state index contributed by atoms with van der Waals surface area (Å²) < 4.78 is 4.80. The van der Waals surface area contributed by atoms with E-state index in [-0.39, 0.29) is 23.8 Å². The third kappa shape index (κ3) is 6.27. The van der Waals surface area contributed by atoms with Crippen LogP contribution in [0.25, 0.3) is 0 Å². The Balaban J connectivity index is 1.94. The van der Waals surface area contributed by atoms with Gasteiger partial charge in [0.05, 0.1) is 13.0 Å². The van der Waals surface area contributed by atoms with E-state index < -0.39 is 12.0 Å². The topological polar surface area (TPSA) is 87.7 Å². The molecule has 1 aliphatic heterocycles. The van der Waals surface area contributed by atoms with Crippen LogP contribution in [0.15, 0.2) is 30.3 Å². The van der Waals surface area contributed by atoms with Gasteiger partial charge in [-0.1, -0.05) is 32.0 Å². The van der Waals surface area contributed by atoms with Crippen LogP contribution in [-0.4, -0.2) is 49.0 Å². The van der Waals surface area contributed by atoms with Gasteiger partial charge in [-0.15, -0.1) is 0 Å². The van der Waals surface area contributed by atoms with Crippen molar-refractivity contribution in [2.24, 2.45) is 11.8 Å². The van der Waals surface area contributed by atoms with Crippen molar-refractivity contribution in [3.05, 3.63) is 30.3 Å². The van der Waals surface area contributed by atoms with Crippen molar-refractivity contribution in [2.45, 2.75) is 39.2 Å². The van der Waals surface area contributed by atoms with Gasteiger partial charge in [0.25, 0.3) is 0 Å². The van der Waals surface area contributed by atoms with Gasteiger partial charge < -0.3 is 20.3 Å². The van der Waals surface area contributed by atoms with Crippen LogP contribution in [0.1, 0.15) is 33.1 Å². The number of likely N-dealkylation sites (tertiary alicyclic amines) is 1. The van der Waals surface area contributed by atoms with Crippen LogP contribution in [0.3, 0.4) is 0 Å². The Morgan fingerprint density at radius 2 is 1.93 bits per heavy atom. The SMILES string of the molecule is COC(=O)[C@H](CC(C)C)NC(=O)[C@@H]1CCCN(C(=O)Nc2ccccc2)C1. The number of nitrogens with zero attached hydrogens (tertiary/aromatic N) is 1. The zero-order valence-electron chi connectivity index (χ0n) is 16.2. The van der Waals surface area contributed by atoms with Gasteiger partial charge >= 0.3 is 12.0 Å². The molecule has 2 atom stereocenters. The third-order valence-electron chi connectivity index (χ3n) is 4.61. The largest absolute Gasteiger partial charge is 0.467 e. The minimum Gasteiger partial charge on any atom is -0.467 e. The molecule has 1 saturated heterocycles. The second-order valence-electron chi connectivity index (χ2n) is 7.30. The van der Waals surface area contributed by atoms with Gasteiger partial charge in [0.1, 0.15) is 6.04 Å². The average molecular weight is 375 g/mol. The number of benzene rings is 1. The molecule has 0 saturated carbocycles. The number of piperidine rings is 1. The average Bonchev–Trinajstić information content (AvgIpc) is 2.67. The zero-order chi connectivity index (χ0) is 19.8. The number of carbonyl (C=O) groups is 3. The molecule has 148 valence electrons. The summed E-state index contributed by atoms with van der Waals surface area (Å²) in [5.74, 6) is -0.733. The molecule has 0 aliphatic carbocycles. The first-order valence-electron chi connectivity index (χ1n) is 9.40. The number of hydrogen-bond acceptors (Lipinski definition) is 4. The Kier molecular flexibility index (Phi) is 7.64. The zero-order valence-corrected chi connectivity index (χ0v) is 16.2. The number of urea groups is 1. The Hall–Kier alpha value is -2.57. The van der Waals surface area contributed by atoms with E-state index in [0.717, 1.165) is 12.1 Å². The van der Waals surface area contributed by atoms with E-state index in [2.05, 4.69) is 10.6 Å². The van der Waals surface area contributed by atoms with Gasteiger partial charge in [-0.25, -0.2) is 9.59 Å². The van der Waals surface area contributed by atoms with E-state index >= 15 is 0 Å². The first-order valence-corrected chi connectivity index (χ1v) is 9.40. The van der Waals surface area contributed by atoms with Crippen molar-refractivity contribution in [3.63, 3.8) is 0 Å². The van der Waals surface area contributed by atoms with Crippen molar-refractivity contribution in [1.29, 1.82) is 0 Å². The first kappa shape index (κ1) is 20.7. The fraction of sp³-hybridized carbons (Fsp3) is 0.550. The van der Waals surface area contributed by atoms with Gasteiger partial charge in [0, 0.05) is 18.8 Å². The second kappa shape index (κ2) is 9.94. The molecule has 1 aromatic rings. The molecule has 1 fully saturated rings. The maximum absolute atomic E-state index is 12.7. The van der Waals surface area contributed by atoms with E-state index in [0.29, 0.717) is 25.9 Å². The number of amides is 3. The fourth-order valence-corrected chi connectivity index (χ4v) is 3.22. The number of rotatable bonds is 6. The van der Waals surface area contributed by atoms with E-state index in [1.165, 1.54) is 7.11 Å². The number of para-hydroxylation sites is 1. The van der Waals surface area contributed by atoms with E-state index in [1.54, 1.807) is 4.90 Å². The molecule has 2 N–H and O–H groups in total. The number of ether oxygens (including phenoxy) is 1. The molecule has 7 nitrogen and oxygen atoms in total. The number of methoxy groups -OCH3 is 1. The molecule has 0 aromatic heterocycles. The molecule has 0 radical (unpaired) electrons. The summed E-state index contributed by atoms with van der Waals surface area (Å²) in [5, 5.41) is 5.65. The number of hydrogen-bond donors (Lipinski definition) is 2. The van der Waals surface area contributed by atoms with Gasteiger partial charge in [-0.2, -0.15) is 0 Å². The molecule has 0 bridgehead atoms. The molecule has 2 rings (SSSR count). The van der Waals surface area contributed by atoms with Crippen molar-refractivity contribution >= 4 is 23.6 Å². The van der Waals surface area contributed by atoms with Crippen LogP contribution < -0.4 is 10.6 Å². The summed E-state index contributed by atoms with van der Waals surface area (Å²) >= 11 is 0. The van der Waals surface area contributed by atoms with Crippen LogP contribution >= 0.6 is 0 Å². The standard InChI is InChI=1S/C20H29N3O4/c1-14(2)12-17(19(25)27-3)22-18(24)15-8-7-11-23(13-15)20(26)21-16-9-5-4-6-10-16/h4-6,9-10,14-15,17H,7-8,11-13H2,1-3H3,(H,21,26)(H,22,24)/t15-,17+/m1/s1. The van der Waals surface area contributed by atoms with E-state index in [1.807, 2.05) is 44.2 Å². The molecular weight excluding hydrogens is 346 g/mol. The summed E-state index contributed by atoms with van der Waals surface area (Å²) in [7, 11) is 1.32. The second-order valence-corrected chi connectivity index (χ2v) is 7.30. The minimum absolute atomic E-state index is 0.205. The molecule has 1 aromatic carbocycles. The van der Waals surface area contributed by atoms with Crippen LogP contribution in [0.5, 0.6) is 0 Å². The van der Waals surface area contributed by atoms with Gasteiger partial charge in [-0.3, -0.25) is 4.79 Å². The summed E-state index contributed by atoms with van der Waals surface area (Å²) in [5.41, 5.74) is 0.719. The van der Waals surface area contributed by atoms with Crippen molar-refractivity contribution in [3.8, 4) is 0 Å². The first-order chi connectivity index (χ1) is 12.9. The molecular formula is C20H29N3O4. The number of carbonyl (C=O) groups excluding carboxylic acids is 3. The highest BCUT2D eigenvalue weighted by Crippen LogP contribution is 2.19. The van der Waals surface area contributed by atoms with E-state index in [4.69, 9.17) is 4.74 Å². The van der Waals surface area contributed by atoms with Gasteiger partial charge in [-0.05, 0) is 37.3 Å². The molecule has 0 unspecified atom stereocenters. The molecule has 0 spiro atoms. The predicted molar refractivity (Wildman–Crippen MR) is 103 cm³/mol. The van der Waals surface area contributed by atoms with Crippen molar-refractivity contribution < 1.29 is 19.1 Å². The number of nitrogens with one attached hydrogen (secondary N) is 2. The van der Waals surface area contributed by atoms with Gasteiger partial charge in [0.2, 0.25) is 5.91 Å². The molecule has 7 heteroatoms. The normalized spacial score (nSPS) is 17.9. The summed E-state index contributed by atoms with van der Waals surface area (Å²) in [6, 6.07) is 8.35. The lowest BCUT2D eigenvalue weighted by Gasteiger charge is -2.32. The van der Waals surface area contributed by atoms with Gasteiger partial charge in [0.15, 0.2) is 0 Å². The number of esters is 1. The highest BCUT2D eigenvalue weighted by Gasteiger charge is 2.31. The monoisotopic (exact) mass is 375 g/mol. The maximum atomic E-state index is 12.7. The maximum Gasteiger partial charge on any atom is 0.328 e. The summed E-state index contributed by atoms with van der Waals surface area (Å²) in [6.07, 6.45) is 1.95. The fourth-order valence-electron chi connectivity index (χ4n) is 3.22. The Morgan fingerprint density at radius 3 is 2.56 bits per heavy atom. The Bertz CT molecular complexity index is 648.